The molecular formula is C16H15Cl2N3O4S. The van der Waals surface area contributed by atoms with E-state index < -0.39 is 21.8 Å². The summed E-state index contributed by atoms with van der Waals surface area (Å²) in [6, 6.07) is 10.6. The topological polar surface area (TPSA) is 118 Å². The van der Waals surface area contributed by atoms with Crippen LogP contribution in [-0.4, -0.2) is 26.8 Å². The second kappa shape index (κ2) is 8.50. The maximum atomic E-state index is 11.9. The molecule has 0 unspecified atom stereocenters. The number of primary sulfonamides is 1. The highest BCUT2D eigenvalue weighted by Gasteiger charge is 2.16. The summed E-state index contributed by atoms with van der Waals surface area (Å²) in [4.78, 5) is 23.7. The lowest BCUT2D eigenvalue weighted by molar-refractivity contribution is -0.136. The Kier molecular flexibility index (Phi) is 6.60. The summed E-state index contributed by atoms with van der Waals surface area (Å²) < 4.78 is 22.4. The number of para-hydroxylation sites is 1. The Morgan fingerprint density at radius 3 is 2.08 bits per heavy atom. The van der Waals surface area contributed by atoms with E-state index in [0.717, 1.165) is 5.56 Å². The first kappa shape index (κ1) is 20.2. The molecule has 7 nitrogen and oxygen atoms in total. The SMILES string of the molecule is NS(=O)(=O)c1ccc(CCNC(=O)C(=O)Nc2c(Cl)cccc2Cl)cc1. The van der Waals surface area contributed by atoms with E-state index >= 15 is 0 Å². The molecular weight excluding hydrogens is 401 g/mol. The van der Waals surface area contributed by atoms with Gasteiger partial charge in [-0.15, -0.1) is 0 Å². The summed E-state index contributed by atoms with van der Waals surface area (Å²) in [6.45, 7) is 0.178. The lowest BCUT2D eigenvalue weighted by atomic mass is 10.1. The van der Waals surface area contributed by atoms with Gasteiger partial charge in [0.05, 0.1) is 20.6 Å². The van der Waals surface area contributed by atoms with Crippen LogP contribution >= 0.6 is 23.2 Å². The number of nitrogens with one attached hydrogen (secondary N) is 2. The maximum absolute atomic E-state index is 11.9. The van der Waals surface area contributed by atoms with E-state index in [1.54, 1.807) is 18.2 Å². The van der Waals surface area contributed by atoms with E-state index in [4.69, 9.17) is 28.3 Å². The first-order valence-electron chi connectivity index (χ1n) is 7.33. The van der Waals surface area contributed by atoms with Gasteiger partial charge < -0.3 is 10.6 Å². The van der Waals surface area contributed by atoms with E-state index in [9.17, 15) is 18.0 Å². The van der Waals surface area contributed by atoms with E-state index in [1.165, 1.54) is 24.3 Å². The van der Waals surface area contributed by atoms with Gasteiger partial charge in [-0.2, -0.15) is 0 Å². The maximum Gasteiger partial charge on any atom is 0.313 e. The minimum atomic E-state index is -3.75. The van der Waals surface area contributed by atoms with Crippen molar-refractivity contribution in [1.29, 1.82) is 0 Å². The molecule has 0 aliphatic rings. The molecule has 0 heterocycles. The third-order valence-electron chi connectivity index (χ3n) is 3.36. The summed E-state index contributed by atoms with van der Waals surface area (Å²) in [5.74, 6) is -1.74. The van der Waals surface area contributed by atoms with Crippen molar-refractivity contribution < 1.29 is 18.0 Å². The number of sulfonamides is 1. The zero-order valence-corrected chi connectivity index (χ0v) is 15.7. The predicted octanol–water partition coefficient (Wildman–Crippen LogP) is 1.94. The van der Waals surface area contributed by atoms with Crippen molar-refractivity contribution in [3.63, 3.8) is 0 Å². The van der Waals surface area contributed by atoms with Crippen LogP contribution in [0.1, 0.15) is 5.56 Å². The minimum absolute atomic E-state index is 0.00119. The summed E-state index contributed by atoms with van der Waals surface area (Å²) in [7, 11) is -3.75. The molecule has 2 amide bonds. The van der Waals surface area contributed by atoms with E-state index in [1.807, 2.05) is 0 Å². The lowest BCUT2D eigenvalue weighted by Gasteiger charge is -2.09. The number of halogens is 2. The molecule has 0 aliphatic heterocycles. The average Bonchev–Trinajstić information content (AvgIpc) is 2.57. The number of nitrogens with two attached hydrogens (primary N) is 1. The van der Waals surface area contributed by atoms with Crippen LogP contribution in [-0.2, 0) is 26.0 Å². The van der Waals surface area contributed by atoms with Crippen LogP contribution in [0.15, 0.2) is 47.4 Å². The Balaban J connectivity index is 1.87. The fourth-order valence-corrected chi connectivity index (χ4v) is 3.04. The monoisotopic (exact) mass is 415 g/mol. The van der Waals surface area contributed by atoms with Gasteiger partial charge in [-0.25, -0.2) is 13.6 Å². The van der Waals surface area contributed by atoms with Crippen molar-refractivity contribution in [2.75, 3.05) is 11.9 Å². The first-order valence-corrected chi connectivity index (χ1v) is 9.63. The zero-order valence-electron chi connectivity index (χ0n) is 13.3. The predicted molar refractivity (Wildman–Crippen MR) is 99.6 cm³/mol. The van der Waals surface area contributed by atoms with Crippen molar-refractivity contribution >= 4 is 50.7 Å². The van der Waals surface area contributed by atoms with Gasteiger partial charge in [0.2, 0.25) is 10.0 Å². The molecule has 26 heavy (non-hydrogen) atoms. The third-order valence-corrected chi connectivity index (χ3v) is 4.92. The van der Waals surface area contributed by atoms with Crippen molar-refractivity contribution in [3.8, 4) is 0 Å². The minimum Gasteiger partial charge on any atom is -0.347 e. The molecule has 0 aromatic heterocycles. The fraction of sp³-hybridized carbons (Fsp3) is 0.125. The number of anilines is 1. The second-order valence-electron chi connectivity index (χ2n) is 5.25. The van der Waals surface area contributed by atoms with E-state index in [0.29, 0.717) is 6.42 Å². The molecule has 0 bridgehead atoms. The smallest absolute Gasteiger partial charge is 0.313 e. The Bertz CT molecular complexity index is 911. The van der Waals surface area contributed by atoms with Gasteiger partial charge in [0, 0.05) is 6.54 Å². The number of benzene rings is 2. The lowest BCUT2D eigenvalue weighted by Crippen LogP contribution is -2.36. The van der Waals surface area contributed by atoms with E-state index in [2.05, 4.69) is 10.6 Å². The van der Waals surface area contributed by atoms with E-state index in [-0.39, 0.29) is 27.2 Å². The first-order chi connectivity index (χ1) is 12.2. The molecule has 0 atom stereocenters. The Morgan fingerprint density at radius 1 is 0.962 bits per heavy atom. The van der Waals surface area contributed by atoms with Gasteiger partial charge in [-0.1, -0.05) is 41.4 Å². The van der Waals surface area contributed by atoms with Gasteiger partial charge in [-0.05, 0) is 36.2 Å². The molecule has 0 spiro atoms. The average molecular weight is 416 g/mol. The van der Waals surface area contributed by atoms with Crippen LogP contribution < -0.4 is 15.8 Å². The number of carbonyl (C=O) groups excluding carboxylic acids is 2. The normalized spacial score (nSPS) is 11.0. The number of hydrogen-bond acceptors (Lipinski definition) is 4. The van der Waals surface area contributed by atoms with Crippen LogP contribution in [0, 0.1) is 0 Å². The molecule has 2 aromatic carbocycles. The van der Waals surface area contributed by atoms with Crippen molar-refractivity contribution in [3.05, 3.63) is 58.1 Å². The van der Waals surface area contributed by atoms with Crippen LogP contribution in [0.25, 0.3) is 0 Å². The largest absolute Gasteiger partial charge is 0.347 e. The summed E-state index contributed by atoms with van der Waals surface area (Å²) >= 11 is 11.8. The van der Waals surface area contributed by atoms with Gasteiger partial charge in [0.15, 0.2) is 0 Å². The van der Waals surface area contributed by atoms with Crippen LogP contribution in [0.5, 0.6) is 0 Å². The van der Waals surface area contributed by atoms with Crippen molar-refractivity contribution in [2.45, 2.75) is 11.3 Å². The zero-order chi connectivity index (χ0) is 19.3. The van der Waals surface area contributed by atoms with Crippen LogP contribution in [0.2, 0.25) is 10.0 Å². The molecule has 0 fully saturated rings. The van der Waals surface area contributed by atoms with Crippen LogP contribution in [0.4, 0.5) is 5.69 Å². The molecule has 0 saturated heterocycles. The summed E-state index contributed by atoms with van der Waals surface area (Å²) in [5, 5.41) is 10.3. The van der Waals surface area contributed by atoms with Gasteiger partial charge in [0.25, 0.3) is 0 Å². The highest BCUT2D eigenvalue weighted by molar-refractivity contribution is 7.89. The Morgan fingerprint density at radius 2 is 1.54 bits per heavy atom. The van der Waals surface area contributed by atoms with Crippen LogP contribution in [0.3, 0.4) is 0 Å². The quantitative estimate of drug-likeness (QED) is 0.646. The Labute approximate surface area is 160 Å². The molecule has 2 rings (SSSR count). The van der Waals surface area contributed by atoms with Gasteiger partial charge >= 0.3 is 11.8 Å². The number of hydrogen-bond donors (Lipinski definition) is 3. The number of carbonyl (C=O) groups is 2. The molecule has 4 N–H and O–H groups in total. The van der Waals surface area contributed by atoms with Crippen molar-refractivity contribution in [1.82, 2.24) is 5.32 Å². The molecule has 0 saturated carbocycles. The summed E-state index contributed by atoms with van der Waals surface area (Å²) in [5.41, 5.74) is 0.932. The standard InChI is InChI=1S/C16H15Cl2N3O4S/c17-12-2-1-3-13(18)14(12)21-16(23)15(22)20-9-8-10-4-6-11(7-5-10)26(19,24)25/h1-7H,8-9H2,(H,20,22)(H,21,23)(H2,19,24,25). The second-order valence-corrected chi connectivity index (χ2v) is 7.62. The fourth-order valence-electron chi connectivity index (χ4n) is 2.03. The highest BCUT2D eigenvalue weighted by Crippen LogP contribution is 2.29. The molecule has 10 heteroatoms. The molecule has 0 aliphatic carbocycles. The molecule has 138 valence electrons. The van der Waals surface area contributed by atoms with Gasteiger partial charge in [0.1, 0.15) is 0 Å². The third kappa shape index (κ3) is 5.43. The molecule has 0 radical (unpaired) electrons. The molecule has 2 aromatic rings. The Hall–Kier alpha value is -2.13. The number of amides is 2. The van der Waals surface area contributed by atoms with Crippen molar-refractivity contribution in [2.24, 2.45) is 5.14 Å². The summed E-state index contributed by atoms with van der Waals surface area (Å²) in [6.07, 6.45) is 0.400. The highest BCUT2D eigenvalue weighted by atomic mass is 35.5. The number of rotatable bonds is 5. The van der Waals surface area contributed by atoms with Gasteiger partial charge in [-0.3, -0.25) is 9.59 Å².